The van der Waals surface area contributed by atoms with Crippen molar-refractivity contribution in [3.8, 4) is 0 Å². The van der Waals surface area contributed by atoms with Gasteiger partial charge in [0.05, 0.1) is 6.04 Å². The highest BCUT2D eigenvalue weighted by atomic mass is 16.4. The van der Waals surface area contributed by atoms with Crippen molar-refractivity contribution in [1.82, 2.24) is 0 Å². The number of rotatable bonds is 10. The first-order chi connectivity index (χ1) is 11.9. The van der Waals surface area contributed by atoms with Gasteiger partial charge < -0.3 is 32.2 Å². The molecule has 8 heteroatoms. The zero-order valence-electron chi connectivity index (χ0n) is 16.9. The summed E-state index contributed by atoms with van der Waals surface area (Å²) in [5.74, 6) is -1.11. The van der Waals surface area contributed by atoms with Gasteiger partial charge in [0.15, 0.2) is 0 Å². The molecule has 3 atom stereocenters. The molecule has 0 spiro atoms. The summed E-state index contributed by atoms with van der Waals surface area (Å²) in [6, 6.07) is -1.61. The van der Waals surface area contributed by atoms with E-state index in [9.17, 15) is 14.4 Å². The van der Waals surface area contributed by atoms with Gasteiger partial charge in [-0.1, -0.05) is 47.5 Å². The van der Waals surface area contributed by atoms with E-state index in [0.717, 1.165) is 25.5 Å². The van der Waals surface area contributed by atoms with E-state index in [2.05, 4.69) is 6.92 Å². The van der Waals surface area contributed by atoms with E-state index in [1.807, 2.05) is 27.7 Å². The van der Waals surface area contributed by atoms with Crippen molar-refractivity contribution in [1.29, 1.82) is 0 Å². The number of carboxylic acids is 2. The predicted octanol–water partition coefficient (Wildman–Crippen LogP) is 1.59. The van der Waals surface area contributed by atoms with Crippen molar-refractivity contribution in [2.75, 3.05) is 0 Å². The minimum absolute atomic E-state index is 0.227. The Labute approximate surface area is 157 Å². The normalized spacial score (nSPS) is 13.6. The molecule has 0 aliphatic rings. The number of unbranched alkanes of at least 4 members (excludes halogenated alkanes) is 1. The number of aldehydes is 1. The maximum absolute atomic E-state index is 10.1. The summed E-state index contributed by atoms with van der Waals surface area (Å²) in [4.78, 5) is 30.1. The van der Waals surface area contributed by atoms with Crippen LogP contribution in [0, 0.1) is 11.8 Å². The minimum atomic E-state index is -0.913. The van der Waals surface area contributed by atoms with Crippen molar-refractivity contribution in [2.24, 2.45) is 29.0 Å². The first-order valence-corrected chi connectivity index (χ1v) is 9.06. The van der Waals surface area contributed by atoms with Crippen LogP contribution in [0.25, 0.3) is 0 Å². The zero-order valence-corrected chi connectivity index (χ0v) is 16.9. The average Bonchev–Trinajstić information content (AvgIpc) is 2.52. The summed E-state index contributed by atoms with van der Waals surface area (Å²) in [6.07, 6.45) is 4.90. The van der Waals surface area contributed by atoms with Crippen LogP contribution in [0.3, 0.4) is 0 Å². The highest BCUT2D eigenvalue weighted by Gasteiger charge is 2.12. The van der Waals surface area contributed by atoms with Gasteiger partial charge in [-0.3, -0.25) is 9.59 Å². The molecule has 26 heavy (non-hydrogen) atoms. The summed E-state index contributed by atoms with van der Waals surface area (Å²) in [6.45, 7) is 9.87. The molecule has 156 valence electrons. The molecule has 0 amide bonds. The maximum Gasteiger partial charge on any atom is 0.320 e. The fraction of sp³-hybridized carbons (Fsp3) is 0.833. The summed E-state index contributed by atoms with van der Waals surface area (Å²) in [5, 5.41) is 16.6. The van der Waals surface area contributed by atoms with Gasteiger partial charge in [-0.15, -0.1) is 0 Å². The standard InChI is InChI=1S/2C6H13NO2.C6H13NO/c2*1-4(2)3-5(7)6(8)9;1-2-3-4-6(7)5-8/h2*4-5H,3,7H2,1-2H3,(H,8,9);5-6H,2-4,7H2,1H3. The van der Waals surface area contributed by atoms with Crippen LogP contribution in [-0.2, 0) is 14.4 Å². The van der Waals surface area contributed by atoms with Gasteiger partial charge >= 0.3 is 11.9 Å². The van der Waals surface area contributed by atoms with Crippen LogP contribution in [0.1, 0.15) is 66.7 Å². The molecule has 3 unspecified atom stereocenters. The second-order valence-electron chi connectivity index (χ2n) is 7.09. The van der Waals surface area contributed by atoms with Crippen molar-refractivity contribution >= 4 is 18.2 Å². The number of hydrogen-bond acceptors (Lipinski definition) is 6. The van der Waals surface area contributed by atoms with Crippen molar-refractivity contribution in [3.63, 3.8) is 0 Å². The summed E-state index contributed by atoms with van der Waals surface area (Å²) < 4.78 is 0. The maximum atomic E-state index is 10.1. The molecule has 0 aliphatic carbocycles. The van der Waals surface area contributed by atoms with Gasteiger partial charge in [0, 0.05) is 0 Å². The van der Waals surface area contributed by atoms with Crippen LogP contribution in [0.15, 0.2) is 0 Å². The van der Waals surface area contributed by atoms with E-state index < -0.39 is 24.0 Å². The Balaban J connectivity index is -0.000000306. The fourth-order valence-corrected chi connectivity index (χ4v) is 1.73. The molecule has 0 saturated heterocycles. The average molecular weight is 378 g/mol. The number of hydrogen-bond donors (Lipinski definition) is 5. The van der Waals surface area contributed by atoms with Gasteiger partial charge in [0.25, 0.3) is 0 Å². The molecule has 0 saturated carbocycles. The van der Waals surface area contributed by atoms with Crippen LogP contribution in [0.2, 0.25) is 0 Å². The Morgan fingerprint density at radius 2 is 1.23 bits per heavy atom. The van der Waals surface area contributed by atoms with Crippen LogP contribution < -0.4 is 17.2 Å². The first-order valence-electron chi connectivity index (χ1n) is 9.06. The Morgan fingerprint density at radius 1 is 0.885 bits per heavy atom. The van der Waals surface area contributed by atoms with Gasteiger partial charge in [-0.2, -0.15) is 0 Å². The van der Waals surface area contributed by atoms with E-state index in [4.69, 9.17) is 27.4 Å². The number of carbonyl (C=O) groups excluding carboxylic acids is 1. The van der Waals surface area contributed by atoms with Crippen LogP contribution in [-0.4, -0.2) is 46.6 Å². The monoisotopic (exact) mass is 377 g/mol. The smallest absolute Gasteiger partial charge is 0.320 e. The molecule has 0 fully saturated rings. The number of carboxylic acid groups (broad SMARTS) is 2. The lowest BCUT2D eigenvalue weighted by Crippen LogP contribution is -2.31. The van der Waals surface area contributed by atoms with Crippen molar-refractivity contribution < 1.29 is 24.6 Å². The van der Waals surface area contributed by atoms with Crippen LogP contribution in [0.4, 0.5) is 0 Å². The largest absolute Gasteiger partial charge is 0.480 e. The molecule has 8 N–H and O–H groups in total. The molecule has 0 rings (SSSR count). The molecule has 0 aromatic rings. The lowest BCUT2D eigenvalue weighted by atomic mass is 10.1. The van der Waals surface area contributed by atoms with Gasteiger partial charge in [0.2, 0.25) is 0 Å². The Morgan fingerprint density at radius 3 is 1.38 bits per heavy atom. The lowest BCUT2D eigenvalue weighted by Gasteiger charge is -2.07. The summed E-state index contributed by atoms with van der Waals surface area (Å²) in [7, 11) is 0. The Hall–Kier alpha value is -1.51. The molecule has 8 nitrogen and oxygen atoms in total. The fourth-order valence-electron chi connectivity index (χ4n) is 1.73. The molecular weight excluding hydrogens is 338 g/mol. The molecule has 0 bridgehead atoms. The Bertz CT molecular complexity index is 350. The lowest BCUT2D eigenvalue weighted by molar-refractivity contribution is -0.139. The molecule has 0 aromatic carbocycles. The van der Waals surface area contributed by atoms with Crippen LogP contribution >= 0.6 is 0 Å². The van der Waals surface area contributed by atoms with Gasteiger partial charge in [0.1, 0.15) is 18.4 Å². The number of carbonyl (C=O) groups is 3. The Kier molecular flexibility index (Phi) is 20.6. The molecule has 0 aliphatic heterocycles. The van der Waals surface area contributed by atoms with Crippen molar-refractivity contribution in [3.05, 3.63) is 0 Å². The summed E-state index contributed by atoms with van der Waals surface area (Å²) >= 11 is 0. The molecule has 0 heterocycles. The van der Waals surface area contributed by atoms with E-state index in [1.165, 1.54) is 0 Å². The molecular formula is C18H39N3O5. The van der Waals surface area contributed by atoms with Gasteiger partial charge in [-0.25, -0.2) is 0 Å². The van der Waals surface area contributed by atoms with Gasteiger partial charge in [-0.05, 0) is 31.1 Å². The highest BCUT2D eigenvalue weighted by molar-refractivity contribution is 5.73. The third-order valence-electron chi connectivity index (χ3n) is 3.15. The minimum Gasteiger partial charge on any atom is -0.480 e. The van der Waals surface area contributed by atoms with Crippen LogP contribution in [0.5, 0.6) is 0 Å². The van der Waals surface area contributed by atoms with E-state index in [-0.39, 0.29) is 6.04 Å². The molecule has 0 radical (unpaired) electrons. The van der Waals surface area contributed by atoms with Crippen molar-refractivity contribution in [2.45, 2.75) is 84.8 Å². The third kappa shape index (κ3) is 24.7. The second kappa shape index (κ2) is 18.3. The van der Waals surface area contributed by atoms with E-state index >= 15 is 0 Å². The first kappa shape index (κ1) is 29.3. The third-order valence-corrected chi connectivity index (χ3v) is 3.15. The number of aliphatic carboxylic acids is 2. The summed E-state index contributed by atoms with van der Waals surface area (Å²) in [5.41, 5.74) is 15.7. The predicted molar refractivity (Wildman–Crippen MR) is 104 cm³/mol. The zero-order chi connectivity index (χ0) is 21.3. The second-order valence-corrected chi connectivity index (χ2v) is 7.09. The molecule has 0 aromatic heterocycles. The van der Waals surface area contributed by atoms with E-state index in [0.29, 0.717) is 24.7 Å². The quantitative estimate of drug-likeness (QED) is 0.357. The van der Waals surface area contributed by atoms with E-state index in [1.54, 1.807) is 0 Å². The highest BCUT2D eigenvalue weighted by Crippen LogP contribution is 2.02. The SMILES string of the molecule is CC(C)CC(N)C(=O)O.CC(C)CC(N)C(=O)O.CCCCC(N)C=O. The topological polar surface area (TPSA) is 170 Å². The number of nitrogens with two attached hydrogens (primary N) is 3.